The SMILES string of the molecule is Cc1c[nH]cc1NC1=NC(C)N=C(N(C)C)N1. The Morgan fingerprint density at radius 1 is 1.29 bits per heavy atom. The van der Waals surface area contributed by atoms with Crippen LogP contribution in [0.1, 0.15) is 12.5 Å². The monoisotopic (exact) mass is 234 g/mol. The van der Waals surface area contributed by atoms with Gasteiger partial charge in [-0.15, -0.1) is 0 Å². The van der Waals surface area contributed by atoms with Gasteiger partial charge >= 0.3 is 0 Å². The fourth-order valence-corrected chi connectivity index (χ4v) is 1.56. The van der Waals surface area contributed by atoms with Crippen molar-refractivity contribution in [2.45, 2.75) is 20.0 Å². The lowest BCUT2D eigenvalue weighted by atomic mass is 10.3. The average Bonchev–Trinajstić information content (AvgIpc) is 2.63. The highest BCUT2D eigenvalue weighted by atomic mass is 15.4. The number of anilines is 1. The second kappa shape index (κ2) is 4.48. The molecule has 0 amide bonds. The van der Waals surface area contributed by atoms with Crippen molar-refractivity contribution in [2.24, 2.45) is 9.98 Å². The molecule has 1 unspecified atom stereocenters. The van der Waals surface area contributed by atoms with Gasteiger partial charge in [0.2, 0.25) is 11.9 Å². The van der Waals surface area contributed by atoms with E-state index in [1.807, 2.05) is 45.2 Å². The van der Waals surface area contributed by atoms with Gasteiger partial charge in [0.05, 0.1) is 5.69 Å². The molecule has 1 atom stereocenters. The molecule has 1 aliphatic heterocycles. The minimum atomic E-state index is -0.0737. The summed E-state index contributed by atoms with van der Waals surface area (Å²) < 4.78 is 0. The zero-order chi connectivity index (χ0) is 12.4. The van der Waals surface area contributed by atoms with E-state index in [4.69, 9.17) is 0 Å². The number of aromatic nitrogens is 1. The van der Waals surface area contributed by atoms with Gasteiger partial charge < -0.3 is 15.2 Å². The minimum Gasteiger partial charge on any atom is -0.366 e. The van der Waals surface area contributed by atoms with E-state index < -0.39 is 0 Å². The second-order valence-corrected chi connectivity index (χ2v) is 4.26. The molecule has 0 saturated carbocycles. The Bertz CT molecular complexity index is 456. The Morgan fingerprint density at radius 3 is 2.65 bits per heavy atom. The lowest BCUT2D eigenvalue weighted by Crippen LogP contribution is -2.46. The van der Waals surface area contributed by atoms with Crippen LogP contribution in [-0.4, -0.2) is 42.1 Å². The van der Waals surface area contributed by atoms with Gasteiger partial charge in [0.15, 0.2) is 0 Å². The molecule has 1 aliphatic rings. The molecule has 0 fully saturated rings. The highest BCUT2D eigenvalue weighted by Crippen LogP contribution is 2.13. The van der Waals surface area contributed by atoms with Crippen molar-refractivity contribution in [2.75, 3.05) is 19.4 Å². The molecule has 0 bridgehead atoms. The van der Waals surface area contributed by atoms with E-state index in [0.717, 1.165) is 23.2 Å². The first-order chi connectivity index (χ1) is 8.06. The maximum Gasteiger partial charge on any atom is 0.204 e. The van der Waals surface area contributed by atoms with E-state index in [1.54, 1.807) is 0 Å². The fourth-order valence-electron chi connectivity index (χ4n) is 1.56. The summed E-state index contributed by atoms with van der Waals surface area (Å²) in [5.41, 5.74) is 2.17. The molecule has 0 aromatic carbocycles. The highest BCUT2D eigenvalue weighted by Gasteiger charge is 2.15. The zero-order valence-electron chi connectivity index (χ0n) is 10.6. The summed E-state index contributed by atoms with van der Waals surface area (Å²) in [5, 5.41) is 6.39. The number of rotatable bonds is 1. The van der Waals surface area contributed by atoms with Gasteiger partial charge in [-0.25, -0.2) is 9.98 Å². The molecule has 0 aliphatic carbocycles. The lowest BCUT2D eigenvalue weighted by molar-refractivity contribution is 0.582. The summed E-state index contributed by atoms with van der Waals surface area (Å²) in [7, 11) is 3.89. The van der Waals surface area contributed by atoms with Crippen molar-refractivity contribution in [3.8, 4) is 0 Å². The summed E-state index contributed by atoms with van der Waals surface area (Å²) in [6.07, 6.45) is 3.77. The Hall–Kier alpha value is -1.98. The predicted octanol–water partition coefficient (Wildman–Crippen LogP) is 0.958. The normalized spacial score (nSPS) is 19.2. The van der Waals surface area contributed by atoms with Crippen LogP contribution >= 0.6 is 0 Å². The smallest absolute Gasteiger partial charge is 0.204 e. The number of aliphatic imine (C=N–C) groups is 2. The van der Waals surface area contributed by atoms with Crippen LogP contribution in [0.2, 0.25) is 0 Å². The number of aryl methyl sites for hydroxylation is 1. The van der Waals surface area contributed by atoms with Crippen LogP contribution in [-0.2, 0) is 0 Å². The number of H-pyrrole nitrogens is 1. The number of aromatic amines is 1. The van der Waals surface area contributed by atoms with E-state index in [-0.39, 0.29) is 6.17 Å². The Balaban J connectivity index is 2.11. The summed E-state index contributed by atoms with van der Waals surface area (Å²) >= 11 is 0. The first-order valence-corrected chi connectivity index (χ1v) is 5.56. The van der Waals surface area contributed by atoms with Crippen LogP contribution in [0, 0.1) is 6.92 Å². The molecule has 0 spiro atoms. The number of hydrogen-bond donors (Lipinski definition) is 3. The van der Waals surface area contributed by atoms with Gasteiger partial charge in [-0.1, -0.05) is 0 Å². The largest absolute Gasteiger partial charge is 0.366 e. The van der Waals surface area contributed by atoms with E-state index in [1.165, 1.54) is 0 Å². The third-order valence-corrected chi connectivity index (χ3v) is 2.48. The Kier molecular flexibility index (Phi) is 3.03. The molecule has 17 heavy (non-hydrogen) atoms. The van der Waals surface area contributed by atoms with Crippen molar-refractivity contribution < 1.29 is 0 Å². The van der Waals surface area contributed by atoms with Gasteiger partial charge in [-0.05, 0) is 19.4 Å². The standard InChI is InChI=1S/C11H18N6/c1-7-5-12-6-9(7)15-10-13-8(2)14-11(16-10)17(3)4/h5-6,8,12H,1-4H3,(H2,13,14,15,16). The van der Waals surface area contributed by atoms with Gasteiger partial charge in [0.25, 0.3) is 0 Å². The molecular formula is C11H18N6. The molecular weight excluding hydrogens is 216 g/mol. The molecule has 1 aromatic rings. The van der Waals surface area contributed by atoms with Crippen LogP contribution in [0.4, 0.5) is 5.69 Å². The van der Waals surface area contributed by atoms with Gasteiger partial charge in [-0.3, -0.25) is 5.32 Å². The van der Waals surface area contributed by atoms with E-state index in [2.05, 4.69) is 25.6 Å². The third-order valence-electron chi connectivity index (χ3n) is 2.48. The molecule has 6 heteroatoms. The maximum absolute atomic E-state index is 4.40. The van der Waals surface area contributed by atoms with Crippen LogP contribution in [0.25, 0.3) is 0 Å². The van der Waals surface area contributed by atoms with Crippen LogP contribution in [0.3, 0.4) is 0 Å². The zero-order valence-corrected chi connectivity index (χ0v) is 10.6. The topological polar surface area (TPSA) is 67.8 Å². The predicted molar refractivity (Wildman–Crippen MR) is 70.3 cm³/mol. The molecule has 3 N–H and O–H groups in total. The molecule has 6 nitrogen and oxygen atoms in total. The van der Waals surface area contributed by atoms with Crippen molar-refractivity contribution >= 4 is 17.6 Å². The van der Waals surface area contributed by atoms with Crippen LogP contribution in [0.5, 0.6) is 0 Å². The van der Waals surface area contributed by atoms with Crippen molar-refractivity contribution in [3.05, 3.63) is 18.0 Å². The fraction of sp³-hybridized carbons (Fsp3) is 0.455. The van der Waals surface area contributed by atoms with Crippen molar-refractivity contribution in [1.29, 1.82) is 0 Å². The average molecular weight is 234 g/mol. The minimum absolute atomic E-state index is 0.0737. The number of hydrogen-bond acceptors (Lipinski definition) is 5. The quantitative estimate of drug-likeness (QED) is 0.678. The molecule has 1 aromatic heterocycles. The van der Waals surface area contributed by atoms with Gasteiger partial charge in [0, 0.05) is 26.5 Å². The molecule has 2 heterocycles. The van der Waals surface area contributed by atoms with Crippen molar-refractivity contribution in [1.82, 2.24) is 15.2 Å². The Labute approximate surface area is 101 Å². The Morgan fingerprint density at radius 2 is 2.06 bits per heavy atom. The lowest BCUT2D eigenvalue weighted by Gasteiger charge is -2.24. The summed E-state index contributed by atoms with van der Waals surface area (Å²) in [6, 6.07) is 0. The van der Waals surface area contributed by atoms with E-state index in [0.29, 0.717) is 0 Å². The number of nitrogens with one attached hydrogen (secondary N) is 3. The first kappa shape index (κ1) is 11.5. The highest BCUT2D eigenvalue weighted by molar-refractivity contribution is 6.06. The summed E-state index contributed by atoms with van der Waals surface area (Å²) in [4.78, 5) is 13.8. The van der Waals surface area contributed by atoms with Crippen LogP contribution < -0.4 is 10.6 Å². The number of guanidine groups is 2. The van der Waals surface area contributed by atoms with E-state index in [9.17, 15) is 0 Å². The molecule has 2 rings (SSSR count). The molecule has 92 valence electrons. The second-order valence-electron chi connectivity index (χ2n) is 4.26. The molecule has 0 radical (unpaired) electrons. The van der Waals surface area contributed by atoms with E-state index >= 15 is 0 Å². The first-order valence-electron chi connectivity index (χ1n) is 5.56. The number of nitrogens with zero attached hydrogens (tertiary/aromatic N) is 3. The van der Waals surface area contributed by atoms with Crippen LogP contribution in [0.15, 0.2) is 22.4 Å². The van der Waals surface area contributed by atoms with Gasteiger partial charge in [0.1, 0.15) is 6.17 Å². The maximum atomic E-state index is 4.40. The third kappa shape index (κ3) is 2.58. The van der Waals surface area contributed by atoms with Crippen molar-refractivity contribution in [3.63, 3.8) is 0 Å². The summed E-state index contributed by atoms with van der Waals surface area (Å²) in [6.45, 7) is 3.99. The molecule has 0 saturated heterocycles. The van der Waals surface area contributed by atoms with Gasteiger partial charge in [-0.2, -0.15) is 0 Å². The summed E-state index contributed by atoms with van der Waals surface area (Å²) in [5.74, 6) is 1.53.